The maximum atomic E-state index is 13.0. The first-order chi connectivity index (χ1) is 12.1. The molecule has 25 heavy (non-hydrogen) atoms. The second-order valence-corrected chi connectivity index (χ2v) is 6.46. The van der Waals surface area contributed by atoms with Crippen molar-refractivity contribution in [2.24, 2.45) is 13.0 Å². The summed E-state index contributed by atoms with van der Waals surface area (Å²) >= 11 is 0. The van der Waals surface area contributed by atoms with E-state index < -0.39 is 0 Å². The summed E-state index contributed by atoms with van der Waals surface area (Å²) in [6.45, 7) is 1.34. The number of hydrogen-bond acceptors (Lipinski definition) is 5. The molecule has 0 saturated carbocycles. The molecule has 0 aliphatic carbocycles. The minimum atomic E-state index is -0.285. The van der Waals surface area contributed by atoms with Gasteiger partial charge < -0.3 is 23.7 Å². The Hall–Kier alpha value is -2.54. The Kier molecular flexibility index (Phi) is 4.09. The molecule has 0 bridgehead atoms. The number of aromatic nitrogens is 2. The van der Waals surface area contributed by atoms with Gasteiger partial charge in [-0.05, 0) is 24.1 Å². The predicted octanol–water partition coefficient (Wildman–Crippen LogP) is 1.89. The molecule has 2 aromatic rings. The van der Waals surface area contributed by atoms with Gasteiger partial charge in [-0.15, -0.1) is 0 Å². The summed E-state index contributed by atoms with van der Waals surface area (Å²) in [7, 11) is 3.74. The van der Waals surface area contributed by atoms with Crippen molar-refractivity contribution in [3.63, 3.8) is 0 Å². The van der Waals surface area contributed by atoms with E-state index in [4.69, 9.17) is 14.2 Å². The van der Waals surface area contributed by atoms with Crippen molar-refractivity contribution < 1.29 is 19.0 Å². The molecule has 0 N–H and O–H groups in total. The monoisotopic (exact) mass is 343 g/mol. The molecule has 2 aliphatic rings. The summed E-state index contributed by atoms with van der Waals surface area (Å²) in [5.41, 5.74) is 1.01. The Bertz CT molecular complexity index is 788. The van der Waals surface area contributed by atoms with Gasteiger partial charge in [0.05, 0.1) is 5.92 Å². The van der Waals surface area contributed by atoms with Crippen LogP contribution in [0.1, 0.15) is 23.9 Å². The van der Waals surface area contributed by atoms with Crippen LogP contribution >= 0.6 is 0 Å². The summed E-state index contributed by atoms with van der Waals surface area (Å²) < 4.78 is 18.4. The lowest BCUT2D eigenvalue weighted by molar-refractivity contribution is -0.136. The van der Waals surface area contributed by atoms with Crippen LogP contribution in [0.15, 0.2) is 30.6 Å². The first-order valence-electron chi connectivity index (χ1n) is 8.36. The molecule has 0 unspecified atom stereocenters. The molecular formula is C18H21N3O4. The molecule has 4 rings (SSSR count). The first kappa shape index (κ1) is 16.0. The van der Waals surface area contributed by atoms with Gasteiger partial charge in [-0.25, -0.2) is 4.98 Å². The molecular weight excluding hydrogens is 322 g/mol. The molecule has 1 amide bonds. The SMILES string of the molecule is CN(Cc1ccc2c(c1)OCO2)C(=O)[C@@H]1CCO[C@H]1c1nccn1C. The van der Waals surface area contributed by atoms with Gasteiger partial charge in [0.2, 0.25) is 12.7 Å². The van der Waals surface area contributed by atoms with E-state index in [0.29, 0.717) is 19.6 Å². The van der Waals surface area contributed by atoms with Crippen molar-refractivity contribution in [1.82, 2.24) is 14.5 Å². The Morgan fingerprint density at radius 3 is 3.00 bits per heavy atom. The minimum absolute atomic E-state index is 0.0724. The smallest absolute Gasteiger partial charge is 0.231 e. The quantitative estimate of drug-likeness (QED) is 0.848. The largest absolute Gasteiger partial charge is 0.454 e. The van der Waals surface area contributed by atoms with Crippen LogP contribution in [-0.4, -0.2) is 40.8 Å². The molecule has 1 aromatic heterocycles. The topological polar surface area (TPSA) is 65.8 Å². The Morgan fingerprint density at radius 1 is 1.36 bits per heavy atom. The minimum Gasteiger partial charge on any atom is -0.454 e. The summed E-state index contributed by atoms with van der Waals surface area (Å²) in [6, 6.07) is 5.76. The molecule has 132 valence electrons. The van der Waals surface area contributed by atoms with Gasteiger partial charge in [-0.2, -0.15) is 0 Å². The van der Waals surface area contributed by atoms with Gasteiger partial charge in [0.1, 0.15) is 11.9 Å². The molecule has 0 spiro atoms. The number of ether oxygens (including phenoxy) is 3. The van der Waals surface area contributed by atoms with Gasteiger partial charge in [-0.3, -0.25) is 4.79 Å². The van der Waals surface area contributed by atoms with Gasteiger partial charge in [-0.1, -0.05) is 6.07 Å². The molecule has 0 radical (unpaired) electrons. The number of carbonyl (C=O) groups is 1. The maximum absolute atomic E-state index is 13.0. The number of hydrogen-bond donors (Lipinski definition) is 0. The standard InChI is InChI=1S/C18H21N3O4/c1-20-7-6-19-17(20)16-13(5-8-23-16)18(22)21(2)10-12-3-4-14-15(9-12)25-11-24-14/h3-4,6-7,9,13,16H,5,8,10-11H2,1-2H3/t13-,16-/m1/s1. The zero-order chi connectivity index (χ0) is 17.4. The third-order valence-corrected chi connectivity index (χ3v) is 4.75. The van der Waals surface area contributed by atoms with Gasteiger partial charge in [0, 0.05) is 39.6 Å². The highest BCUT2D eigenvalue weighted by Crippen LogP contribution is 2.36. The van der Waals surface area contributed by atoms with Crippen molar-refractivity contribution in [3.8, 4) is 11.5 Å². The second-order valence-electron chi connectivity index (χ2n) is 6.46. The van der Waals surface area contributed by atoms with Crippen molar-refractivity contribution in [1.29, 1.82) is 0 Å². The van der Waals surface area contributed by atoms with E-state index in [9.17, 15) is 4.79 Å². The van der Waals surface area contributed by atoms with Gasteiger partial charge >= 0.3 is 0 Å². The predicted molar refractivity (Wildman–Crippen MR) is 89.0 cm³/mol. The number of carbonyl (C=O) groups excluding carboxylic acids is 1. The number of benzene rings is 1. The first-order valence-corrected chi connectivity index (χ1v) is 8.36. The van der Waals surface area contributed by atoms with Crippen LogP contribution in [0.3, 0.4) is 0 Å². The van der Waals surface area contributed by atoms with Crippen LogP contribution in [0, 0.1) is 5.92 Å². The lowest BCUT2D eigenvalue weighted by Crippen LogP contribution is -2.34. The van der Waals surface area contributed by atoms with E-state index >= 15 is 0 Å². The van der Waals surface area contributed by atoms with E-state index in [-0.39, 0.29) is 24.7 Å². The number of amides is 1. The van der Waals surface area contributed by atoms with Crippen LogP contribution in [0.2, 0.25) is 0 Å². The third kappa shape index (κ3) is 2.95. The molecule has 1 saturated heterocycles. The van der Waals surface area contributed by atoms with Crippen molar-refractivity contribution in [3.05, 3.63) is 42.0 Å². The van der Waals surface area contributed by atoms with E-state index in [2.05, 4.69) is 4.98 Å². The molecule has 1 aromatic carbocycles. The highest BCUT2D eigenvalue weighted by molar-refractivity contribution is 5.79. The molecule has 3 heterocycles. The molecule has 1 fully saturated rings. The fourth-order valence-corrected chi connectivity index (χ4v) is 3.42. The summed E-state index contributed by atoms with van der Waals surface area (Å²) in [4.78, 5) is 19.0. The van der Waals surface area contributed by atoms with Crippen LogP contribution in [0.25, 0.3) is 0 Å². The van der Waals surface area contributed by atoms with Crippen LogP contribution in [0.4, 0.5) is 0 Å². The van der Waals surface area contributed by atoms with E-state index in [0.717, 1.165) is 22.9 Å². The number of nitrogens with zero attached hydrogens (tertiary/aromatic N) is 3. The average Bonchev–Trinajstić information content (AvgIpc) is 3.33. The maximum Gasteiger partial charge on any atom is 0.231 e. The van der Waals surface area contributed by atoms with E-state index in [1.54, 1.807) is 11.1 Å². The van der Waals surface area contributed by atoms with Crippen LogP contribution in [0.5, 0.6) is 11.5 Å². The Balaban J connectivity index is 1.47. The number of fused-ring (bicyclic) bond motifs is 1. The normalized spacial score (nSPS) is 21.5. The Labute approximate surface area is 146 Å². The van der Waals surface area contributed by atoms with Crippen molar-refractivity contribution in [2.45, 2.75) is 19.1 Å². The zero-order valence-electron chi connectivity index (χ0n) is 14.3. The number of aryl methyl sites for hydroxylation is 1. The summed E-state index contributed by atoms with van der Waals surface area (Å²) in [5.74, 6) is 2.14. The number of rotatable bonds is 4. The highest BCUT2D eigenvalue weighted by atomic mass is 16.7. The lowest BCUT2D eigenvalue weighted by Gasteiger charge is -2.24. The average molecular weight is 343 g/mol. The van der Waals surface area contributed by atoms with Crippen LogP contribution < -0.4 is 9.47 Å². The Morgan fingerprint density at radius 2 is 2.20 bits per heavy atom. The molecule has 2 aliphatic heterocycles. The molecule has 2 atom stereocenters. The fourth-order valence-electron chi connectivity index (χ4n) is 3.42. The van der Waals surface area contributed by atoms with Gasteiger partial charge in [0.15, 0.2) is 11.5 Å². The second kappa shape index (κ2) is 6.40. The van der Waals surface area contributed by atoms with Crippen molar-refractivity contribution in [2.75, 3.05) is 20.4 Å². The van der Waals surface area contributed by atoms with Gasteiger partial charge in [0.25, 0.3) is 0 Å². The third-order valence-electron chi connectivity index (χ3n) is 4.75. The molecule has 7 heteroatoms. The van der Waals surface area contributed by atoms with E-state index in [1.807, 2.05) is 43.1 Å². The molecule has 7 nitrogen and oxygen atoms in total. The highest BCUT2D eigenvalue weighted by Gasteiger charge is 2.38. The lowest BCUT2D eigenvalue weighted by atomic mass is 9.99. The van der Waals surface area contributed by atoms with Crippen LogP contribution in [-0.2, 0) is 23.1 Å². The summed E-state index contributed by atoms with van der Waals surface area (Å²) in [5, 5.41) is 0. The fraction of sp³-hybridized carbons (Fsp3) is 0.444. The zero-order valence-corrected chi connectivity index (χ0v) is 14.3. The number of imidazole rings is 1. The van der Waals surface area contributed by atoms with Crippen molar-refractivity contribution >= 4 is 5.91 Å². The summed E-state index contributed by atoms with van der Waals surface area (Å²) in [6.07, 6.45) is 4.03. The van der Waals surface area contributed by atoms with E-state index in [1.165, 1.54) is 0 Å².